The fourth-order valence-corrected chi connectivity index (χ4v) is 3.46. The zero-order chi connectivity index (χ0) is 21.4. The fourth-order valence-electron chi connectivity index (χ4n) is 3.10. The second-order valence-electron chi connectivity index (χ2n) is 6.94. The maximum atomic E-state index is 13.0. The van der Waals surface area contributed by atoms with Crippen LogP contribution in [0.4, 0.5) is 10.5 Å². The molecule has 150 valence electrons. The number of imide groups is 2. The molecule has 3 aromatic rings. The van der Waals surface area contributed by atoms with Crippen molar-refractivity contribution in [3.63, 3.8) is 0 Å². The molecular formula is C23H17IN2O4. The van der Waals surface area contributed by atoms with E-state index in [4.69, 9.17) is 4.42 Å². The van der Waals surface area contributed by atoms with Gasteiger partial charge in [0.05, 0.1) is 5.69 Å². The Hall–Kier alpha value is -3.20. The van der Waals surface area contributed by atoms with Crippen molar-refractivity contribution in [1.29, 1.82) is 0 Å². The van der Waals surface area contributed by atoms with E-state index >= 15 is 0 Å². The number of nitrogens with zero attached hydrogens (tertiary/aromatic N) is 1. The van der Waals surface area contributed by atoms with Crippen LogP contribution in [0.1, 0.15) is 16.9 Å². The maximum Gasteiger partial charge on any atom is 0.335 e. The molecule has 4 amide bonds. The van der Waals surface area contributed by atoms with Crippen molar-refractivity contribution in [2.45, 2.75) is 13.8 Å². The van der Waals surface area contributed by atoms with Gasteiger partial charge in [0.15, 0.2) is 0 Å². The number of hydrogen-bond donors (Lipinski definition) is 1. The monoisotopic (exact) mass is 512 g/mol. The van der Waals surface area contributed by atoms with Gasteiger partial charge >= 0.3 is 6.03 Å². The normalized spacial score (nSPS) is 15.6. The van der Waals surface area contributed by atoms with Crippen molar-refractivity contribution in [1.82, 2.24) is 5.32 Å². The lowest BCUT2D eigenvalue weighted by Gasteiger charge is -2.26. The number of halogens is 1. The number of nitrogens with one attached hydrogen (secondary N) is 1. The molecule has 0 atom stereocenters. The minimum Gasteiger partial charge on any atom is -0.457 e. The van der Waals surface area contributed by atoms with Gasteiger partial charge in [-0.1, -0.05) is 18.2 Å². The summed E-state index contributed by atoms with van der Waals surface area (Å²) < 4.78 is 6.90. The van der Waals surface area contributed by atoms with Crippen molar-refractivity contribution in [3.05, 3.63) is 80.6 Å². The molecule has 0 unspecified atom stereocenters. The van der Waals surface area contributed by atoms with Gasteiger partial charge in [-0.15, -0.1) is 0 Å². The van der Waals surface area contributed by atoms with Gasteiger partial charge in [-0.2, -0.15) is 0 Å². The Morgan fingerprint density at radius 3 is 2.37 bits per heavy atom. The Kier molecular flexibility index (Phi) is 5.29. The lowest BCUT2D eigenvalue weighted by molar-refractivity contribution is -0.122. The van der Waals surface area contributed by atoms with Crippen molar-refractivity contribution in [2.75, 3.05) is 4.90 Å². The Morgan fingerprint density at radius 1 is 0.933 bits per heavy atom. The first kappa shape index (κ1) is 20.1. The summed E-state index contributed by atoms with van der Waals surface area (Å²) in [5.41, 5.74) is 3.08. The van der Waals surface area contributed by atoms with Crippen LogP contribution < -0.4 is 10.2 Å². The molecule has 7 heteroatoms. The topological polar surface area (TPSA) is 79.6 Å². The Labute approximate surface area is 186 Å². The van der Waals surface area contributed by atoms with Crippen LogP contribution in [0.5, 0.6) is 0 Å². The van der Waals surface area contributed by atoms with E-state index in [0.717, 1.165) is 25.2 Å². The van der Waals surface area contributed by atoms with Gasteiger partial charge in [0.2, 0.25) is 0 Å². The molecule has 0 spiro atoms. The van der Waals surface area contributed by atoms with Gasteiger partial charge in [-0.25, -0.2) is 9.69 Å². The molecule has 2 heterocycles. The highest BCUT2D eigenvalue weighted by atomic mass is 127. The second kappa shape index (κ2) is 7.91. The first-order chi connectivity index (χ1) is 14.3. The van der Waals surface area contributed by atoms with Crippen LogP contribution in [0.2, 0.25) is 0 Å². The van der Waals surface area contributed by atoms with E-state index in [1.54, 1.807) is 24.3 Å². The van der Waals surface area contributed by atoms with E-state index in [1.165, 1.54) is 6.08 Å². The summed E-state index contributed by atoms with van der Waals surface area (Å²) in [5.74, 6) is -0.489. The van der Waals surface area contributed by atoms with Gasteiger partial charge in [0.1, 0.15) is 17.1 Å². The molecule has 30 heavy (non-hydrogen) atoms. The van der Waals surface area contributed by atoms with E-state index in [2.05, 4.69) is 27.9 Å². The smallest absolute Gasteiger partial charge is 0.335 e. The molecule has 0 aliphatic carbocycles. The summed E-state index contributed by atoms with van der Waals surface area (Å²) in [5, 5.41) is 2.22. The second-order valence-corrected chi connectivity index (χ2v) is 8.18. The van der Waals surface area contributed by atoms with Crippen LogP contribution in [0.25, 0.3) is 17.4 Å². The predicted octanol–water partition coefficient (Wildman–Crippen LogP) is 4.83. The first-order valence-electron chi connectivity index (χ1n) is 9.18. The molecule has 4 rings (SSSR count). The van der Waals surface area contributed by atoms with Gasteiger partial charge in [0, 0.05) is 9.13 Å². The number of barbiturate groups is 1. The standard InChI is InChI=1S/C23H17IN2O4/c1-13-3-8-17(11-14(13)2)26-22(28)19(21(27)25-23(26)29)12-18-9-10-20(30-18)15-4-6-16(24)7-5-15/h3-12H,1-2H3,(H,25,27,29)/b19-12+. The molecule has 0 bridgehead atoms. The number of urea groups is 1. The van der Waals surface area contributed by atoms with Crippen LogP contribution in [0.3, 0.4) is 0 Å². The van der Waals surface area contributed by atoms with Crippen molar-refractivity contribution in [3.8, 4) is 11.3 Å². The van der Waals surface area contributed by atoms with Crippen molar-refractivity contribution >= 4 is 52.2 Å². The third-order valence-electron chi connectivity index (χ3n) is 4.89. The Balaban J connectivity index is 1.67. The molecule has 1 aliphatic rings. The summed E-state index contributed by atoms with van der Waals surface area (Å²) in [6.45, 7) is 3.83. The third-order valence-corrected chi connectivity index (χ3v) is 5.61. The fraction of sp³-hybridized carbons (Fsp3) is 0.0870. The lowest BCUT2D eigenvalue weighted by Crippen LogP contribution is -2.54. The molecule has 1 fully saturated rings. The highest BCUT2D eigenvalue weighted by Crippen LogP contribution is 2.27. The summed E-state index contributed by atoms with van der Waals surface area (Å²) in [4.78, 5) is 38.6. The van der Waals surface area contributed by atoms with E-state index in [9.17, 15) is 14.4 Å². The Morgan fingerprint density at radius 2 is 1.67 bits per heavy atom. The van der Waals surface area contributed by atoms with E-state index < -0.39 is 17.8 Å². The molecule has 0 saturated carbocycles. The number of aryl methyl sites for hydroxylation is 2. The van der Waals surface area contributed by atoms with Crippen LogP contribution in [0, 0.1) is 17.4 Å². The largest absolute Gasteiger partial charge is 0.457 e. The lowest BCUT2D eigenvalue weighted by atomic mass is 10.1. The van der Waals surface area contributed by atoms with Gasteiger partial charge in [-0.05, 0) is 90.0 Å². The molecule has 2 aromatic carbocycles. The molecule has 1 saturated heterocycles. The number of rotatable bonds is 3. The average Bonchev–Trinajstić information content (AvgIpc) is 3.17. The molecule has 6 nitrogen and oxygen atoms in total. The minimum absolute atomic E-state index is 0.170. The van der Waals surface area contributed by atoms with Crippen LogP contribution >= 0.6 is 22.6 Å². The zero-order valence-corrected chi connectivity index (χ0v) is 18.4. The van der Waals surface area contributed by atoms with Crippen LogP contribution in [-0.4, -0.2) is 17.8 Å². The first-order valence-corrected chi connectivity index (χ1v) is 10.3. The van der Waals surface area contributed by atoms with Gasteiger partial charge in [0.25, 0.3) is 11.8 Å². The van der Waals surface area contributed by atoms with E-state index in [-0.39, 0.29) is 5.57 Å². The number of carbonyl (C=O) groups is 3. The third kappa shape index (κ3) is 3.80. The highest BCUT2D eigenvalue weighted by Gasteiger charge is 2.37. The van der Waals surface area contributed by atoms with E-state index in [1.807, 2.05) is 44.2 Å². The number of carbonyl (C=O) groups excluding carboxylic acids is 3. The zero-order valence-electron chi connectivity index (χ0n) is 16.2. The predicted molar refractivity (Wildman–Crippen MR) is 122 cm³/mol. The van der Waals surface area contributed by atoms with Crippen molar-refractivity contribution in [2.24, 2.45) is 0 Å². The molecule has 1 N–H and O–H groups in total. The molecule has 0 radical (unpaired) electrons. The van der Waals surface area contributed by atoms with Crippen LogP contribution in [0.15, 0.2) is 64.6 Å². The van der Waals surface area contributed by atoms with E-state index in [0.29, 0.717) is 17.2 Å². The molecule has 1 aromatic heterocycles. The highest BCUT2D eigenvalue weighted by molar-refractivity contribution is 14.1. The Bertz CT molecular complexity index is 1210. The summed E-state index contributed by atoms with van der Waals surface area (Å²) in [6.07, 6.45) is 1.36. The minimum atomic E-state index is -0.774. The number of hydrogen-bond acceptors (Lipinski definition) is 4. The summed E-state index contributed by atoms with van der Waals surface area (Å²) in [7, 11) is 0. The number of amides is 4. The SMILES string of the molecule is Cc1ccc(N2C(=O)NC(=O)/C(=C\c3ccc(-c4ccc(I)cc4)o3)C2=O)cc1C. The average molecular weight is 512 g/mol. The summed E-state index contributed by atoms with van der Waals surface area (Å²) >= 11 is 2.22. The van der Waals surface area contributed by atoms with Gasteiger partial charge < -0.3 is 4.42 Å². The number of furan rings is 1. The summed E-state index contributed by atoms with van der Waals surface area (Å²) in [6, 6.07) is 15.7. The quantitative estimate of drug-likeness (QED) is 0.310. The van der Waals surface area contributed by atoms with Crippen LogP contribution in [-0.2, 0) is 9.59 Å². The molecule has 1 aliphatic heterocycles. The molecular weight excluding hydrogens is 495 g/mol. The van der Waals surface area contributed by atoms with Gasteiger partial charge in [-0.3, -0.25) is 14.9 Å². The maximum absolute atomic E-state index is 13.0. The number of benzene rings is 2. The number of anilines is 1. The van der Waals surface area contributed by atoms with Crippen molar-refractivity contribution < 1.29 is 18.8 Å².